The molecular formula is C20H19BrFN5O2. The van der Waals surface area contributed by atoms with Crippen molar-refractivity contribution >= 4 is 44.6 Å². The SMILES string of the molecule is CCCCc1ccc(Nc2ncnc(Nc3ccc(Br)cc3F)c2[N+](=O)[O-])cc1. The molecule has 0 aliphatic rings. The average Bonchev–Trinajstić information content (AvgIpc) is 2.69. The summed E-state index contributed by atoms with van der Waals surface area (Å²) >= 11 is 3.18. The minimum atomic E-state index is -0.600. The zero-order valence-corrected chi connectivity index (χ0v) is 17.2. The average molecular weight is 460 g/mol. The number of benzene rings is 2. The van der Waals surface area contributed by atoms with E-state index in [1.807, 2.05) is 24.3 Å². The van der Waals surface area contributed by atoms with Crippen LogP contribution in [0.1, 0.15) is 25.3 Å². The number of nitrogens with zero attached hydrogens (tertiary/aromatic N) is 3. The number of nitro groups is 1. The monoisotopic (exact) mass is 459 g/mol. The van der Waals surface area contributed by atoms with Crippen LogP contribution in [-0.4, -0.2) is 14.9 Å². The highest BCUT2D eigenvalue weighted by molar-refractivity contribution is 9.10. The maximum absolute atomic E-state index is 14.1. The Bertz CT molecular complexity index is 1010. The topological polar surface area (TPSA) is 93.0 Å². The van der Waals surface area contributed by atoms with Crippen molar-refractivity contribution in [3.63, 3.8) is 0 Å². The molecule has 7 nitrogen and oxygen atoms in total. The highest BCUT2D eigenvalue weighted by Gasteiger charge is 2.24. The summed E-state index contributed by atoms with van der Waals surface area (Å²) in [5, 5.41) is 17.3. The van der Waals surface area contributed by atoms with Crippen molar-refractivity contribution < 1.29 is 9.31 Å². The lowest BCUT2D eigenvalue weighted by atomic mass is 10.1. The van der Waals surface area contributed by atoms with E-state index in [1.165, 1.54) is 24.0 Å². The summed E-state index contributed by atoms with van der Waals surface area (Å²) in [5.74, 6) is -0.649. The zero-order valence-electron chi connectivity index (χ0n) is 15.7. The van der Waals surface area contributed by atoms with E-state index in [4.69, 9.17) is 0 Å². The van der Waals surface area contributed by atoms with Gasteiger partial charge in [0.2, 0.25) is 11.6 Å². The lowest BCUT2D eigenvalue weighted by molar-refractivity contribution is -0.383. The van der Waals surface area contributed by atoms with E-state index in [0.717, 1.165) is 19.3 Å². The first-order chi connectivity index (χ1) is 14.0. The molecule has 3 aromatic rings. The number of hydrogen-bond donors (Lipinski definition) is 2. The maximum atomic E-state index is 14.1. The van der Waals surface area contributed by atoms with Gasteiger partial charge in [0.15, 0.2) is 0 Å². The van der Waals surface area contributed by atoms with Crippen molar-refractivity contribution in [1.82, 2.24) is 9.97 Å². The van der Waals surface area contributed by atoms with Crippen molar-refractivity contribution in [3.8, 4) is 0 Å². The number of hydrogen-bond acceptors (Lipinski definition) is 6. The Kier molecular flexibility index (Phi) is 6.71. The number of anilines is 4. The minimum absolute atomic E-state index is 0.0197. The highest BCUT2D eigenvalue weighted by atomic mass is 79.9. The van der Waals surface area contributed by atoms with Crippen LogP contribution in [0.25, 0.3) is 0 Å². The van der Waals surface area contributed by atoms with Crippen LogP contribution in [0, 0.1) is 15.9 Å². The van der Waals surface area contributed by atoms with E-state index >= 15 is 0 Å². The molecule has 1 heterocycles. The van der Waals surface area contributed by atoms with Gasteiger partial charge in [0.25, 0.3) is 0 Å². The molecule has 0 bridgehead atoms. The second kappa shape index (κ2) is 9.42. The fraction of sp³-hybridized carbons (Fsp3) is 0.200. The number of halogens is 2. The number of rotatable bonds is 8. The number of aryl methyl sites for hydroxylation is 1. The van der Waals surface area contributed by atoms with Gasteiger partial charge in [0.1, 0.15) is 12.1 Å². The van der Waals surface area contributed by atoms with Crippen LogP contribution in [0.4, 0.5) is 33.1 Å². The van der Waals surface area contributed by atoms with E-state index in [2.05, 4.69) is 43.5 Å². The Hall–Kier alpha value is -3.07. The molecule has 0 amide bonds. The van der Waals surface area contributed by atoms with Gasteiger partial charge in [-0.15, -0.1) is 0 Å². The first kappa shape index (κ1) is 20.7. The first-order valence-corrected chi connectivity index (χ1v) is 9.84. The van der Waals surface area contributed by atoms with E-state index in [-0.39, 0.29) is 23.0 Å². The van der Waals surface area contributed by atoms with Gasteiger partial charge in [0.05, 0.1) is 10.6 Å². The molecule has 29 heavy (non-hydrogen) atoms. The van der Waals surface area contributed by atoms with Crippen molar-refractivity contribution in [2.24, 2.45) is 0 Å². The summed E-state index contributed by atoms with van der Waals surface area (Å²) in [6.45, 7) is 2.13. The van der Waals surface area contributed by atoms with Crippen molar-refractivity contribution in [2.45, 2.75) is 26.2 Å². The standard InChI is InChI=1S/C20H19BrFN5O2/c1-2-3-4-13-5-8-15(9-6-13)25-19-18(27(28)29)20(24-12-23-19)26-17-10-7-14(21)11-16(17)22/h5-12H,2-4H2,1H3,(H2,23,24,25,26). The summed E-state index contributed by atoms with van der Waals surface area (Å²) in [6, 6.07) is 12.0. The van der Waals surface area contributed by atoms with Crippen LogP contribution in [-0.2, 0) is 6.42 Å². The molecule has 150 valence electrons. The molecule has 0 atom stereocenters. The predicted octanol–water partition coefficient (Wildman–Crippen LogP) is 6.12. The molecule has 0 radical (unpaired) electrons. The van der Waals surface area contributed by atoms with Gasteiger partial charge in [-0.3, -0.25) is 10.1 Å². The molecule has 0 saturated heterocycles. The summed E-state index contributed by atoms with van der Waals surface area (Å²) in [4.78, 5) is 19.0. The third kappa shape index (κ3) is 5.26. The molecule has 0 aliphatic heterocycles. The largest absolute Gasteiger partial charge is 0.353 e. The molecule has 9 heteroatoms. The Balaban J connectivity index is 1.87. The van der Waals surface area contributed by atoms with Crippen molar-refractivity contribution in [3.05, 3.63) is 74.8 Å². The van der Waals surface area contributed by atoms with Gasteiger partial charge < -0.3 is 10.6 Å². The van der Waals surface area contributed by atoms with E-state index < -0.39 is 10.7 Å². The van der Waals surface area contributed by atoms with Gasteiger partial charge >= 0.3 is 5.69 Å². The summed E-state index contributed by atoms with van der Waals surface area (Å²) < 4.78 is 14.7. The smallest absolute Gasteiger partial charge is 0.334 e. The second-order valence-corrected chi connectivity index (χ2v) is 7.27. The summed E-state index contributed by atoms with van der Waals surface area (Å²) in [5.41, 5.74) is 1.56. The molecule has 3 rings (SSSR count). The summed E-state index contributed by atoms with van der Waals surface area (Å²) in [6.07, 6.45) is 4.38. The Morgan fingerprint density at radius 2 is 1.79 bits per heavy atom. The molecule has 0 spiro atoms. The third-order valence-electron chi connectivity index (χ3n) is 4.22. The molecule has 1 aromatic heterocycles. The van der Waals surface area contributed by atoms with Gasteiger partial charge in [-0.1, -0.05) is 41.4 Å². The van der Waals surface area contributed by atoms with Crippen molar-refractivity contribution in [1.29, 1.82) is 0 Å². The Morgan fingerprint density at radius 1 is 1.10 bits per heavy atom. The van der Waals surface area contributed by atoms with E-state index in [0.29, 0.717) is 10.2 Å². The Morgan fingerprint density at radius 3 is 2.41 bits per heavy atom. The Labute approximate surface area is 175 Å². The van der Waals surface area contributed by atoms with Crippen LogP contribution in [0.5, 0.6) is 0 Å². The lowest BCUT2D eigenvalue weighted by Crippen LogP contribution is -2.06. The second-order valence-electron chi connectivity index (χ2n) is 6.35. The third-order valence-corrected chi connectivity index (χ3v) is 4.72. The van der Waals surface area contributed by atoms with Crippen LogP contribution in [0.15, 0.2) is 53.3 Å². The first-order valence-electron chi connectivity index (χ1n) is 9.05. The molecular weight excluding hydrogens is 441 g/mol. The quantitative estimate of drug-likeness (QED) is 0.311. The summed E-state index contributed by atoms with van der Waals surface area (Å²) in [7, 11) is 0. The van der Waals surface area contributed by atoms with Crippen LogP contribution < -0.4 is 10.6 Å². The molecule has 0 saturated carbocycles. The molecule has 2 aromatic carbocycles. The van der Waals surface area contributed by atoms with Crippen LogP contribution in [0.3, 0.4) is 0 Å². The fourth-order valence-corrected chi connectivity index (χ4v) is 3.06. The van der Waals surface area contributed by atoms with Gasteiger partial charge in [-0.05, 0) is 48.7 Å². The van der Waals surface area contributed by atoms with Gasteiger partial charge in [-0.2, -0.15) is 0 Å². The van der Waals surface area contributed by atoms with Gasteiger partial charge in [0, 0.05) is 10.2 Å². The van der Waals surface area contributed by atoms with Crippen LogP contribution >= 0.6 is 15.9 Å². The fourth-order valence-electron chi connectivity index (χ4n) is 2.73. The normalized spacial score (nSPS) is 10.6. The van der Waals surface area contributed by atoms with Crippen LogP contribution in [0.2, 0.25) is 0 Å². The molecule has 2 N–H and O–H groups in total. The number of nitrogens with one attached hydrogen (secondary N) is 2. The van der Waals surface area contributed by atoms with Crippen molar-refractivity contribution in [2.75, 3.05) is 10.6 Å². The number of unbranched alkanes of at least 4 members (excludes halogenated alkanes) is 1. The molecule has 0 unspecified atom stereocenters. The van der Waals surface area contributed by atoms with E-state index in [9.17, 15) is 14.5 Å². The molecule has 0 fully saturated rings. The minimum Gasteiger partial charge on any atom is -0.334 e. The maximum Gasteiger partial charge on any atom is 0.353 e. The highest BCUT2D eigenvalue weighted by Crippen LogP contribution is 2.34. The molecule has 0 aliphatic carbocycles. The zero-order chi connectivity index (χ0) is 20.8. The number of aromatic nitrogens is 2. The van der Waals surface area contributed by atoms with Gasteiger partial charge in [-0.25, -0.2) is 14.4 Å². The predicted molar refractivity (Wildman–Crippen MR) is 114 cm³/mol. The lowest BCUT2D eigenvalue weighted by Gasteiger charge is -2.11. The van der Waals surface area contributed by atoms with E-state index in [1.54, 1.807) is 6.07 Å².